The maximum absolute atomic E-state index is 12.8. The molecule has 114 valence electrons. The van der Waals surface area contributed by atoms with Gasteiger partial charge < -0.3 is 10.0 Å². The molecule has 1 aliphatic rings. The van der Waals surface area contributed by atoms with Crippen molar-refractivity contribution in [2.75, 3.05) is 18.8 Å². The predicted molar refractivity (Wildman–Crippen MR) is 83.6 cm³/mol. The maximum Gasteiger partial charge on any atom is 0.305 e. The molecular weight excluding hydrogens is 286 g/mol. The highest BCUT2D eigenvalue weighted by Gasteiger charge is 2.32. The Labute approximate surface area is 129 Å². The second-order valence-electron chi connectivity index (χ2n) is 5.72. The molecule has 1 amide bonds. The lowest BCUT2D eigenvalue weighted by Crippen LogP contribution is -2.39. The number of hydrogen-bond acceptors (Lipinski definition) is 3. The fraction of sp³-hybridized carbons (Fsp3) is 0.500. The molecule has 1 heterocycles. The monoisotopic (exact) mass is 307 g/mol. The van der Waals surface area contributed by atoms with Crippen LogP contribution in [0.3, 0.4) is 0 Å². The average Bonchev–Trinajstić information content (AvgIpc) is 2.86. The lowest BCUT2D eigenvalue weighted by molar-refractivity contribution is -0.139. The molecule has 1 unspecified atom stereocenters. The van der Waals surface area contributed by atoms with Gasteiger partial charge in [-0.2, -0.15) is 0 Å². The molecule has 0 bridgehead atoms. The van der Waals surface area contributed by atoms with Crippen LogP contribution in [0.5, 0.6) is 0 Å². The Hall–Kier alpha value is -1.49. The first-order valence-electron chi connectivity index (χ1n) is 7.21. The van der Waals surface area contributed by atoms with E-state index in [1.54, 1.807) is 16.7 Å². The molecule has 1 aromatic rings. The number of carbonyl (C=O) groups is 2. The molecule has 5 heteroatoms. The SMILES string of the molecule is CC(C)CN(CCC(=O)O)C(=O)C1CSc2ccccc21. The molecule has 2 rings (SSSR count). The van der Waals surface area contributed by atoms with Crippen molar-refractivity contribution in [1.29, 1.82) is 0 Å². The van der Waals surface area contributed by atoms with Gasteiger partial charge in [0, 0.05) is 23.7 Å². The van der Waals surface area contributed by atoms with Gasteiger partial charge in [0.25, 0.3) is 0 Å². The van der Waals surface area contributed by atoms with Gasteiger partial charge in [0.05, 0.1) is 12.3 Å². The topological polar surface area (TPSA) is 57.6 Å². The molecule has 1 aliphatic heterocycles. The second-order valence-corrected chi connectivity index (χ2v) is 6.79. The van der Waals surface area contributed by atoms with E-state index in [1.807, 2.05) is 38.1 Å². The van der Waals surface area contributed by atoms with E-state index in [2.05, 4.69) is 0 Å². The number of nitrogens with zero attached hydrogens (tertiary/aromatic N) is 1. The highest BCUT2D eigenvalue weighted by molar-refractivity contribution is 7.99. The maximum atomic E-state index is 12.8. The highest BCUT2D eigenvalue weighted by atomic mass is 32.2. The summed E-state index contributed by atoms with van der Waals surface area (Å²) in [5.41, 5.74) is 1.08. The number of hydrogen-bond donors (Lipinski definition) is 1. The Bertz CT molecular complexity index is 530. The van der Waals surface area contributed by atoms with Crippen LogP contribution in [0.25, 0.3) is 0 Å². The number of benzene rings is 1. The molecule has 1 atom stereocenters. The molecule has 1 N–H and O–H groups in total. The Kier molecular flexibility index (Phi) is 5.28. The van der Waals surface area contributed by atoms with E-state index in [0.29, 0.717) is 12.5 Å². The van der Waals surface area contributed by atoms with Gasteiger partial charge in [-0.1, -0.05) is 32.0 Å². The fourth-order valence-corrected chi connectivity index (χ4v) is 3.77. The van der Waals surface area contributed by atoms with Crippen molar-refractivity contribution in [1.82, 2.24) is 4.90 Å². The van der Waals surface area contributed by atoms with E-state index in [0.717, 1.165) is 11.3 Å². The summed E-state index contributed by atoms with van der Waals surface area (Å²) in [6.45, 7) is 4.97. The number of carboxylic acid groups (broad SMARTS) is 1. The molecule has 0 spiro atoms. The van der Waals surface area contributed by atoms with Crippen LogP contribution in [0, 0.1) is 5.92 Å². The third-order valence-corrected chi connectivity index (χ3v) is 4.67. The summed E-state index contributed by atoms with van der Waals surface area (Å²) < 4.78 is 0. The number of aliphatic carboxylic acids is 1. The van der Waals surface area contributed by atoms with Crippen LogP contribution >= 0.6 is 11.8 Å². The third-order valence-electron chi connectivity index (χ3n) is 3.49. The van der Waals surface area contributed by atoms with Crippen LogP contribution in [0.2, 0.25) is 0 Å². The van der Waals surface area contributed by atoms with Gasteiger partial charge in [0.2, 0.25) is 5.91 Å². The third kappa shape index (κ3) is 4.00. The first kappa shape index (κ1) is 15.9. The molecule has 21 heavy (non-hydrogen) atoms. The minimum absolute atomic E-state index is 0.0000301. The summed E-state index contributed by atoms with van der Waals surface area (Å²) in [5.74, 6) is 0.130. The van der Waals surface area contributed by atoms with Crippen LogP contribution in [0.4, 0.5) is 0 Å². The van der Waals surface area contributed by atoms with E-state index < -0.39 is 5.97 Å². The van der Waals surface area contributed by atoms with E-state index in [9.17, 15) is 9.59 Å². The van der Waals surface area contributed by atoms with E-state index in [-0.39, 0.29) is 24.8 Å². The predicted octanol–water partition coefficient (Wildman–Crippen LogP) is 2.84. The Balaban J connectivity index is 2.12. The van der Waals surface area contributed by atoms with Crippen molar-refractivity contribution in [2.24, 2.45) is 5.92 Å². The van der Waals surface area contributed by atoms with Crippen molar-refractivity contribution >= 4 is 23.6 Å². The Morgan fingerprint density at radius 3 is 2.76 bits per heavy atom. The van der Waals surface area contributed by atoms with Crippen LogP contribution in [0.1, 0.15) is 31.7 Å². The van der Waals surface area contributed by atoms with Crippen molar-refractivity contribution < 1.29 is 14.7 Å². The van der Waals surface area contributed by atoms with Gasteiger partial charge in [-0.25, -0.2) is 0 Å². The summed E-state index contributed by atoms with van der Waals surface area (Å²) >= 11 is 1.70. The summed E-state index contributed by atoms with van der Waals surface area (Å²) in [5, 5.41) is 8.86. The lowest BCUT2D eigenvalue weighted by atomic mass is 9.99. The summed E-state index contributed by atoms with van der Waals surface area (Å²) in [6, 6.07) is 7.98. The quantitative estimate of drug-likeness (QED) is 0.878. The fourth-order valence-electron chi connectivity index (χ4n) is 2.55. The van der Waals surface area contributed by atoms with E-state index in [1.165, 1.54) is 4.90 Å². The van der Waals surface area contributed by atoms with Crippen LogP contribution < -0.4 is 0 Å². The lowest BCUT2D eigenvalue weighted by Gasteiger charge is -2.27. The van der Waals surface area contributed by atoms with Gasteiger partial charge in [0.15, 0.2) is 0 Å². The first-order valence-corrected chi connectivity index (χ1v) is 8.20. The zero-order chi connectivity index (χ0) is 15.4. The van der Waals surface area contributed by atoms with Gasteiger partial charge >= 0.3 is 5.97 Å². The molecule has 1 aromatic carbocycles. The van der Waals surface area contributed by atoms with Crippen LogP contribution in [-0.2, 0) is 9.59 Å². The first-order chi connectivity index (χ1) is 9.99. The van der Waals surface area contributed by atoms with E-state index in [4.69, 9.17) is 5.11 Å². The Morgan fingerprint density at radius 2 is 2.10 bits per heavy atom. The van der Waals surface area contributed by atoms with Crippen LogP contribution in [0.15, 0.2) is 29.2 Å². The molecule has 0 radical (unpaired) electrons. The smallest absolute Gasteiger partial charge is 0.305 e. The zero-order valence-corrected chi connectivity index (χ0v) is 13.2. The largest absolute Gasteiger partial charge is 0.481 e. The number of carbonyl (C=O) groups excluding carboxylic acids is 1. The molecule has 0 aromatic heterocycles. The number of thioether (sulfide) groups is 1. The average molecular weight is 307 g/mol. The Morgan fingerprint density at radius 1 is 1.38 bits per heavy atom. The number of amides is 1. The van der Waals surface area contributed by atoms with Crippen molar-refractivity contribution in [3.05, 3.63) is 29.8 Å². The van der Waals surface area contributed by atoms with Crippen molar-refractivity contribution in [3.63, 3.8) is 0 Å². The number of rotatable bonds is 6. The van der Waals surface area contributed by atoms with Gasteiger partial charge in [-0.05, 0) is 17.5 Å². The molecule has 0 saturated heterocycles. The standard InChI is InChI=1S/C16H21NO3S/c1-11(2)9-17(8-7-15(18)19)16(20)13-10-21-14-6-4-3-5-12(13)14/h3-6,11,13H,7-10H2,1-2H3,(H,18,19). The minimum atomic E-state index is -0.863. The van der Waals surface area contributed by atoms with Crippen LogP contribution in [-0.4, -0.2) is 40.7 Å². The van der Waals surface area contributed by atoms with E-state index >= 15 is 0 Å². The minimum Gasteiger partial charge on any atom is -0.481 e. The summed E-state index contributed by atoms with van der Waals surface area (Å²) in [7, 11) is 0. The molecule has 4 nitrogen and oxygen atoms in total. The summed E-state index contributed by atoms with van der Waals surface area (Å²) in [4.78, 5) is 26.4. The second kappa shape index (κ2) is 6.98. The molecule has 0 saturated carbocycles. The molecular formula is C16H21NO3S. The van der Waals surface area contributed by atoms with Crippen molar-refractivity contribution in [2.45, 2.75) is 31.1 Å². The zero-order valence-electron chi connectivity index (χ0n) is 12.4. The number of carboxylic acids is 1. The van der Waals surface area contributed by atoms with Gasteiger partial charge in [-0.15, -0.1) is 11.8 Å². The highest BCUT2D eigenvalue weighted by Crippen LogP contribution is 2.40. The summed E-state index contributed by atoms with van der Waals surface area (Å²) in [6.07, 6.45) is -0.0000301. The normalized spacial score (nSPS) is 16.8. The van der Waals surface area contributed by atoms with Gasteiger partial charge in [-0.3, -0.25) is 9.59 Å². The van der Waals surface area contributed by atoms with Crippen molar-refractivity contribution in [3.8, 4) is 0 Å². The molecule has 0 fully saturated rings. The molecule has 0 aliphatic carbocycles. The number of fused-ring (bicyclic) bond motifs is 1. The van der Waals surface area contributed by atoms with Gasteiger partial charge in [0.1, 0.15) is 0 Å².